The van der Waals surface area contributed by atoms with E-state index in [0.717, 1.165) is 50.1 Å². The Morgan fingerprint density at radius 2 is 1.63 bits per heavy atom. The Hall–Kier alpha value is -3.07. The number of hydrogen-bond acceptors (Lipinski definition) is 2. The summed E-state index contributed by atoms with van der Waals surface area (Å²) in [5.41, 5.74) is 6.12. The van der Waals surface area contributed by atoms with Crippen molar-refractivity contribution in [2.24, 2.45) is 0 Å². The third-order valence-corrected chi connectivity index (χ3v) is 5.59. The second-order valence-electron chi connectivity index (χ2n) is 7.98. The Kier molecular flexibility index (Phi) is 6.48. The normalized spacial score (nSPS) is 11.1. The van der Waals surface area contributed by atoms with Gasteiger partial charge in [0.25, 0.3) is 0 Å². The van der Waals surface area contributed by atoms with Crippen molar-refractivity contribution in [1.29, 1.82) is 0 Å². The summed E-state index contributed by atoms with van der Waals surface area (Å²) in [6.07, 6.45) is 4.07. The number of para-hydroxylation sites is 2. The fourth-order valence-corrected chi connectivity index (χ4v) is 3.88. The predicted octanol–water partition coefficient (Wildman–Crippen LogP) is 6.30. The molecule has 0 spiro atoms. The van der Waals surface area contributed by atoms with Gasteiger partial charge in [0.15, 0.2) is 0 Å². The average Bonchev–Trinajstić information content (AvgIpc) is 3.12. The van der Waals surface area contributed by atoms with E-state index in [1.807, 2.05) is 0 Å². The molecule has 0 saturated heterocycles. The molecular weight excluding hydrogens is 368 g/mol. The molecule has 0 unspecified atom stereocenters. The summed E-state index contributed by atoms with van der Waals surface area (Å²) >= 11 is 0. The zero-order valence-corrected chi connectivity index (χ0v) is 18.0. The van der Waals surface area contributed by atoms with Gasteiger partial charge in [0, 0.05) is 13.0 Å². The molecule has 3 aromatic carbocycles. The van der Waals surface area contributed by atoms with Crippen molar-refractivity contribution in [3.8, 4) is 5.75 Å². The van der Waals surface area contributed by atoms with Crippen molar-refractivity contribution in [3.63, 3.8) is 0 Å². The van der Waals surface area contributed by atoms with Gasteiger partial charge in [0.1, 0.15) is 11.6 Å². The highest BCUT2D eigenvalue weighted by Crippen LogP contribution is 2.21. The van der Waals surface area contributed by atoms with Crippen LogP contribution in [0.25, 0.3) is 11.0 Å². The summed E-state index contributed by atoms with van der Waals surface area (Å²) in [6.45, 7) is 5.93. The lowest BCUT2D eigenvalue weighted by molar-refractivity contribution is 0.301. The van der Waals surface area contributed by atoms with Crippen LogP contribution in [0.4, 0.5) is 0 Å². The smallest absolute Gasteiger partial charge is 0.122 e. The predicted molar refractivity (Wildman–Crippen MR) is 124 cm³/mol. The van der Waals surface area contributed by atoms with Crippen LogP contribution in [0.1, 0.15) is 35.4 Å². The van der Waals surface area contributed by atoms with Crippen molar-refractivity contribution in [1.82, 2.24) is 9.55 Å². The monoisotopic (exact) mass is 398 g/mol. The summed E-state index contributed by atoms with van der Waals surface area (Å²) in [4.78, 5) is 4.93. The minimum absolute atomic E-state index is 0.746. The van der Waals surface area contributed by atoms with Crippen LogP contribution in [-0.4, -0.2) is 16.2 Å². The Bertz CT molecular complexity index is 1100. The van der Waals surface area contributed by atoms with E-state index in [9.17, 15) is 0 Å². The number of aryl methyl sites for hydroxylation is 5. The number of imidazole rings is 1. The molecular formula is C27H30N2O. The van der Waals surface area contributed by atoms with Crippen LogP contribution >= 0.6 is 0 Å². The van der Waals surface area contributed by atoms with Crippen molar-refractivity contribution >= 4 is 11.0 Å². The minimum atomic E-state index is 0.746. The molecule has 0 aliphatic carbocycles. The molecule has 3 heteroatoms. The molecule has 1 aromatic heterocycles. The van der Waals surface area contributed by atoms with Gasteiger partial charge in [-0.3, -0.25) is 0 Å². The zero-order valence-electron chi connectivity index (χ0n) is 18.0. The van der Waals surface area contributed by atoms with Gasteiger partial charge in [-0.2, -0.15) is 0 Å². The number of ether oxygens (including phenoxy) is 1. The van der Waals surface area contributed by atoms with Gasteiger partial charge in [-0.15, -0.1) is 0 Å². The number of nitrogens with zero attached hydrogens (tertiary/aromatic N) is 2. The molecule has 30 heavy (non-hydrogen) atoms. The van der Waals surface area contributed by atoms with Crippen LogP contribution in [0.5, 0.6) is 5.75 Å². The van der Waals surface area contributed by atoms with Gasteiger partial charge in [-0.05, 0) is 68.0 Å². The number of fused-ring (bicyclic) bond motifs is 1. The average molecular weight is 399 g/mol. The Morgan fingerprint density at radius 1 is 0.833 bits per heavy atom. The quantitative estimate of drug-likeness (QED) is 0.309. The lowest BCUT2D eigenvalue weighted by atomic mass is 10.1. The Balaban J connectivity index is 1.38. The first kappa shape index (κ1) is 20.2. The van der Waals surface area contributed by atoms with Crippen LogP contribution < -0.4 is 4.74 Å². The van der Waals surface area contributed by atoms with Crippen molar-refractivity contribution in [2.45, 2.75) is 46.1 Å². The number of aromatic nitrogens is 2. The number of benzene rings is 3. The van der Waals surface area contributed by atoms with Gasteiger partial charge in [-0.1, -0.05) is 54.6 Å². The van der Waals surface area contributed by atoms with Crippen LogP contribution in [0.2, 0.25) is 0 Å². The van der Waals surface area contributed by atoms with E-state index >= 15 is 0 Å². The second kappa shape index (κ2) is 9.62. The second-order valence-corrected chi connectivity index (χ2v) is 7.98. The molecule has 0 aliphatic heterocycles. The van der Waals surface area contributed by atoms with Gasteiger partial charge >= 0.3 is 0 Å². The van der Waals surface area contributed by atoms with Crippen molar-refractivity contribution in [2.75, 3.05) is 6.61 Å². The molecule has 0 radical (unpaired) electrons. The summed E-state index contributed by atoms with van der Waals surface area (Å²) < 4.78 is 8.43. The fraction of sp³-hybridized carbons (Fsp3) is 0.296. The Morgan fingerprint density at radius 3 is 2.50 bits per heavy atom. The van der Waals surface area contributed by atoms with E-state index in [-0.39, 0.29) is 0 Å². The van der Waals surface area contributed by atoms with Gasteiger partial charge in [-0.25, -0.2) is 4.98 Å². The fourth-order valence-electron chi connectivity index (χ4n) is 3.88. The van der Waals surface area contributed by atoms with Crippen molar-refractivity contribution in [3.05, 3.63) is 95.3 Å². The van der Waals surface area contributed by atoms with Gasteiger partial charge in [0.2, 0.25) is 0 Å². The third-order valence-electron chi connectivity index (χ3n) is 5.59. The van der Waals surface area contributed by atoms with Crippen LogP contribution in [0.15, 0.2) is 72.8 Å². The van der Waals surface area contributed by atoms with Crippen LogP contribution in [0, 0.1) is 13.8 Å². The van der Waals surface area contributed by atoms with Crippen LogP contribution in [-0.2, 0) is 19.4 Å². The van der Waals surface area contributed by atoms with E-state index in [1.54, 1.807) is 0 Å². The molecule has 0 bridgehead atoms. The zero-order chi connectivity index (χ0) is 20.8. The molecule has 1 heterocycles. The molecule has 0 fully saturated rings. The molecule has 0 N–H and O–H groups in total. The largest absolute Gasteiger partial charge is 0.493 e. The number of hydrogen-bond donors (Lipinski definition) is 0. The molecule has 4 rings (SSSR count). The summed E-state index contributed by atoms with van der Waals surface area (Å²) in [7, 11) is 0. The lowest BCUT2D eigenvalue weighted by Crippen LogP contribution is -2.07. The van der Waals surface area contributed by atoms with E-state index in [1.165, 1.54) is 28.0 Å². The molecule has 0 amide bonds. The first-order valence-corrected chi connectivity index (χ1v) is 10.9. The SMILES string of the molecule is Cc1ccc(C)c(OCCCCn2c(CCc3ccccc3)nc3ccccc32)c1. The number of unbranched alkanes of at least 4 members (excludes halogenated alkanes) is 1. The molecule has 3 nitrogen and oxygen atoms in total. The molecule has 154 valence electrons. The molecule has 4 aromatic rings. The van der Waals surface area contributed by atoms with Crippen LogP contribution in [0.3, 0.4) is 0 Å². The highest BCUT2D eigenvalue weighted by molar-refractivity contribution is 5.75. The van der Waals surface area contributed by atoms with Crippen molar-refractivity contribution < 1.29 is 4.74 Å². The maximum absolute atomic E-state index is 6.04. The Labute approximate surface area is 179 Å². The highest BCUT2D eigenvalue weighted by Gasteiger charge is 2.10. The first-order chi connectivity index (χ1) is 14.7. The summed E-state index contributed by atoms with van der Waals surface area (Å²) in [6, 6.07) is 25.5. The molecule has 0 saturated carbocycles. The maximum Gasteiger partial charge on any atom is 0.122 e. The van der Waals surface area contributed by atoms with E-state index in [2.05, 4.69) is 91.2 Å². The first-order valence-electron chi connectivity index (χ1n) is 10.9. The van der Waals surface area contributed by atoms with E-state index in [4.69, 9.17) is 9.72 Å². The maximum atomic E-state index is 6.04. The van der Waals surface area contributed by atoms with E-state index in [0.29, 0.717) is 0 Å². The summed E-state index contributed by atoms with van der Waals surface area (Å²) in [5, 5.41) is 0. The van der Waals surface area contributed by atoms with Gasteiger partial charge in [0.05, 0.1) is 17.6 Å². The standard InChI is InChI=1S/C27H30N2O/c1-21-14-15-22(2)26(20-21)30-19-9-8-18-29-25-13-7-6-12-24(25)28-27(29)17-16-23-10-4-3-5-11-23/h3-7,10-15,20H,8-9,16-19H2,1-2H3. The number of rotatable bonds is 9. The topological polar surface area (TPSA) is 27.1 Å². The van der Waals surface area contributed by atoms with E-state index < -0.39 is 0 Å². The highest BCUT2D eigenvalue weighted by atomic mass is 16.5. The minimum Gasteiger partial charge on any atom is -0.493 e. The third kappa shape index (κ3) is 4.91. The molecule has 0 atom stereocenters. The molecule has 0 aliphatic rings. The summed E-state index contributed by atoms with van der Waals surface area (Å²) in [5.74, 6) is 2.18. The lowest BCUT2D eigenvalue weighted by Gasteiger charge is -2.12. The van der Waals surface area contributed by atoms with Gasteiger partial charge < -0.3 is 9.30 Å².